The van der Waals surface area contributed by atoms with Crippen molar-refractivity contribution in [3.8, 4) is 0 Å². The number of benzene rings is 2. The molecule has 28 heavy (non-hydrogen) atoms. The molecule has 1 fully saturated rings. The predicted octanol–water partition coefficient (Wildman–Crippen LogP) is 3.04. The molecule has 8 heteroatoms. The molecular weight excluding hydrogens is 373 g/mol. The van der Waals surface area contributed by atoms with Gasteiger partial charge in [0.15, 0.2) is 0 Å². The lowest BCUT2D eigenvalue weighted by Crippen LogP contribution is -2.46. The lowest BCUT2D eigenvalue weighted by Gasteiger charge is -2.33. The molecule has 3 rings (SSSR count). The number of halogens is 3. The standard InChI is InChI=1S/C20H19F3N2O3/c21-20(22,23)16-8-6-15(7-9-16)19(27)24-12-18(26)25-10-11-28-17(13-25)14-4-2-1-3-5-14/h1-9,17H,10-13H2,(H,24,27)/t17-/m1/s1. The first-order valence-corrected chi connectivity index (χ1v) is 8.74. The van der Waals surface area contributed by atoms with Crippen molar-refractivity contribution in [2.24, 2.45) is 0 Å². The van der Waals surface area contributed by atoms with E-state index in [0.717, 1.165) is 29.8 Å². The molecule has 5 nitrogen and oxygen atoms in total. The summed E-state index contributed by atoms with van der Waals surface area (Å²) in [7, 11) is 0. The summed E-state index contributed by atoms with van der Waals surface area (Å²) in [6.07, 6.45) is -4.69. The second-order valence-electron chi connectivity index (χ2n) is 6.37. The van der Waals surface area contributed by atoms with Crippen molar-refractivity contribution in [3.05, 3.63) is 71.3 Å². The molecule has 1 atom stereocenters. The Bertz CT molecular complexity index is 823. The van der Waals surface area contributed by atoms with E-state index in [0.29, 0.717) is 19.7 Å². The minimum atomic E-state index is -4.46. The topological polar surface area (TPSA) is 58.6 Å². The molecule has 0 aliphatic carbocycles. The Morgan fingerprint density at radius 1 is 1.07 bits per heavy atom. The Morgan fingerprint density at radius 2 is 1.75 bits per heavy atom. The lowest BCUT2D eigenvalue weighted by atomic mass is 10.1. The summed E-state index contributed by atoms with van der Waals surface area (Å²) in [6, 6.07) is 13.4. The van der Waals surface area contributed by atoms with Gasteiger partial charge in [0.2, 0.25) is 5.91 Å². The van der Waals surface area contributed by atoms with Gasteiger partial charge in [-0.2, -0.15) is 13.2 Å². The molecule has 0 radical (unpaired) electrons. The second-order valence-corrected chi connectivity index (χ2v) is 6.37. The molecular formula is C20H19F3N2O3. The molecule has 2 amide bonds. The van der Waals surface area contributed by atoms with Crippen LogP contribution in [0.4, 0.5) is 13.2 Å². The van der Waals surface area contributed by atoms with Crippen LogP contribution in [0.15, 0.2) is 54.6 Å². The summed E-state index contributed by atoms with van der Waals surface area (Å²) in [5, 5.41) is 2.46. The first-order chi connectivity index (χ1) is 13.3. The van der Waals surface area contributed by atoms with Gasteiger partial charge >= 0.3 is 6.18 Å². The van der Waals surface area contributed by atoms with Crippen molar-refractivity contribution in [2.45, 2.75) is 12.3 Å². The van der Waals surface area contributed by atoms with E-state index in [-0.39, 0.29) is 24.1 Å². The molecule has 0 unspecified atom stereocenters. The maximum Gasteiger partial charge on any atom is 0.416 e. The molecule has 2 aromatic rings. The third-order valence-corrected chi connectivity index (χ3v) is 4.47. The number of nitrogens with zero attached hydrogens (tertiary/aromatic N) is 1. The summed E-state index contributed by atoms with van der Waals surface area (Å²) in [6.45, 7) is 0.941. The number of nitrogens with one attached hydrogen (secondary N) is 1. The average Bonchev–Trinajstić information content (AvgIpc) is 2.72. The smallest absolute Gasteiger partial charge is 0.370 e. The first-order valence-electron chi connectivity index (χ1n) is 8.74. The van der Waals surface area contributed by atoms with Gasteiger partial charge in [-0.3, -0.25) is 9.59 Å². The van der Waals surface area contributed by atoms with Gasteiger partial charge in [-0.05, 0) is 29.8 Å². The van der Waals surface area contributed by atoms with E-state index in [9.17, 15) is 22.8 Å². The quantitative estimate of drug-likeness (QED) is 0.870. The number of hydrogen-bond acceptors (Lipinski definition) is 3. The Balaban J connectivity index is 1.54. The number of carbonyl (C=O) groups excluding carboxylic acids is 2. The van der Waals surface area contributed by atoms with Crippen molar-refractivity contribution in [3.63, 3.8) is 0 Å². The number of alkyl halides is 3. The van der Waals surface area contributed by atoms with Crippen LogP contribution in [0.3, 0.4) is 0 Å². The van der Waals surface area contributed by atoms with E-state index in [1.165, 1.54) is 0 Å². The van der Waals surface area contributed by atoms with Crippen LogP contribution in [0.2, 0.25) is 0 Å². The normalized spacial score (nSPS) is 17.2. The van der Waals surface area contributed by atoms with E-state index in [4.69, 9.17) is 4.74 Å². The highest BCUT2D eigenvalue weighted by atomic mass is 19.4. The van der Waals surface area contributed by atoms with Gasteiger partial charge in [0.05, 0.1) is 25.3 Å². The molecule has 1 saturated heterocycles. The fourth-order valence-electron chi connectivity index (χ4n) is 2.93. The van der Waals surface area contributed by atoms with Crippen LogP contribution >= 0.6 is 0 Å². The zero-order chi connectivity index (χ0) is 20.1. The molecule has 148 valence electrons. The highest BCUT2D eigenvalue weighted by molar-refractivity contribution is 5.96. The van der Waals surface area contributed by atoms with Crippen LogP contribution in [0, 0.1) is 0 Å². The Hall–Kier alpha value is -2.87. The maximum absolute atomic E-state index is 12.6. The zero-order valence-electron chi connectivity index (χ0n) is 14.9. The van der Waals surface area contributed by atoms with E-state index in [2.05, 4.69) is 5.32 Å². The van der Waals surface area contributed by atoms with E-state index in [1.807, 2.05) is 30.3 Å². The molecule has 2 aromatic carbocycles. The van der Waals surface area contributed by atoms with Crippen LogP contribution in [0.25, 0.3) is 0 Å². The summed E-state index contributed by atoms with van der Waals surface area (Å²) in [4.78, 5) is 26.1. The van der Waals surface area contributed by atoms with Gasteiger partial charge in [-0.15, -0.1) is 0 Å². The number of carbonyl (C=O) groups is 2. The van der Waals surface area contributed by atoms with Crippen LogP contribution in [0.1, 0.15) is 27.6 Å². The average molecular weight is 392 g/mol. The summed E-state index contributed by atoms with van der Waals surface area (Å²) in [5.41, 5.74) is 0.194. The molecule has 0 aromatic heterocycles. The molecule has 0 saturated carbocycles. The first kappa shape index (κ1) is 19.9. The fourth-order valence-corrected chi connectivity index (χ4v) is 2.93. The van der Waals surface area contributed by atoms with Gasteiger partial charge in [0.1, 0.15) is 6.10 Å². The van der Waals surface area contributed by atoms with Gasteiger partial charge < -0.3 is 15.0 Å². The van der Waals surface area contributed by atoms with Crippen molar-refractivity contribution in [1.29, 1.82) is 0 Å². The molecule has 0 bridgehead atoms. The van der Waals surface area contributed by atoms with Crippen LogP contribution in [-0.2, 0) is 15.7 Å². The van der Waals surface area contributed by atoms with Crippen LogP contribution in [0.5, 0.6) is 0 Å². The highest BCUT2D eigenvalue weighted by Crippen LogP contribution is 2.29. The summed E-state index contributed by atoms with van der Waals surface area (Å²) in [5.74, 6) is -0.876. The largest absolute Gasteiger partial charge is 0.416 e. The molecule has 0 spiro atoms. The third kappa shape index (κ3) is 4.89. The van der Waals surface area contributed by atoms with Gasteiger partial charge in [-0.1, -0.05) is 30.3 Å². The Kier molecular flexibility index (Phi) is 5.99. The Labute approximate surface area is 160 Å². The van der Waals surface area contributed by atoms with Gasteiger partial charge in [0, 0.05) is 12.1 Å². The predicted molar refractivity (Wildman–Crippen MR) is 95.5 cm³/mol. The van der Waals surface area contributed by atoms with Gasteiger partial charge in [-0.25, -0.2) is 0 Å². The number of rotatable bonds is 4. The van der Waals surface area contributed by atoms with Crippen molar-refractivity contribution < 1.29 is 27.5 Å². The minimum Gasteiger partial charge on any atom is -0.370 e. The number of hydrogen-bond donors (Lipinski definition) is 1. The zero-order valence-corrected chi connectivity index (χ0v) is 14.9. The molecule has 1 N–H and O–H groups in total. The van der Waals surface area contributed by atoms with Gasteiger partial charge in [0.25, 0.3) is 5.91 Å². The van der Waals surface area contributed by atoms with Crippen molar-refractivity contribution in [1.82, 2.24) is 10.2 Å². The molecule has 1 aliphatic heterocycles. The number of morpholine rings is 1. The van der Waals surface area contributed by atoms with E-state index < -0.39 is 17.6 Å². The molecule has 1 heterocycles. The van der Waals surface area contributed by atoms with Crippen LogP contribution < -0.4 is 5.32 Å². The number of amides is 2. The fraction of sp³-hybridized carbons (Fsp3) is 0.300. The van der Waals surface area contributed by atoms with Crippen molar-refractivity contribution in [2.75, 3.05) is 26.2 Å². The highest BCUT2D eigenvalue weighted by Gasteiger charge is 2.30. The minimum absolute atomic E-state index is 0.0601. The van der Waals surface area contributed by atoms with Crippen LogP contribution in [-0.4, -0.2) is 43.0 Å². The van der Waals surface area contributed by atoms with E-state index in [1.54, 1.807) is 4.90 Å². The monoisotopic (exact) mass is 392 g/mol. The number of ether oxygens (including phenoxy) is 1. The third-order valence-electron chi connectivity index (χ3n) is 4.47. The molecule has 1 aliphatic rings. The van der Waals surface area contributed by atoms with Crippen molar-refractivity contribution >= 4 is 11.8 Å². The SMILES string of the molecule is O=C(NCC(=O)N1CCO[C@@H](c2ccccc2)C1)c1ccc(C(F)(F)F)cc1. The lowest BCUT2D eigenvalue weighted by molar-refractivity contribution is -0.138. The van der Waals surface area contributed by atoms with E-state index >= 15 is 0 Å². The maximum atomic E-state index is 12.6. The Morgan fingerprint density at radius 3 is 2.39 bits per heavy atom. The summed E-state index contributed by atoms with van der Waals surface area (Å²) < 4.78 is 43.4. The second kappa shape index (κ2) is 8.43. The summed E-state index contributed by atoms with van der Waals surface area (Å²) >= 11 is 0.